The molecule has 0 spiro atoms. The molecule has 0 fully saturated rings. The first-order valence-corrected chi connectivity index (χ1v) is 18.6. The van der Waals surface area contributed by atoms with Gasteiger partial charge >= 0.3 is 0 Å². The van der Waals surface area contributed by atoms with Gasteiger partial charge in [-0.05, 0) is 104 Å². The van der Waals surface area contributed by atoms with Crippen LogP contribution >= 0.6 is 22.7 Å². The molecular formula is C48H30S2. The minimum atomic E-state index is 1.21. The Labute approximate surface area is 299 Å². The summed E-state index contributed by atoms with van der Waals surface area (Å²) in [5, 5.41) is 5.29. The lowest BCUT2D eigenvalue weighted by atomic mass is 9.89. The van der Waals surface area contributed by atoms with Crippen LogP contribution in [0.25, 0.3) is 96.0 Å². The first-order valence-electron chi connectivity index (χ1n) is 17.0. The number of benzene rings is 8. The molecule has 0 N–H and O–H groups in total. The van der Waals surface area contributed by atoms with Crippen molar-refractivity contribution in [2.24, 2.45) is 0 Å². The van der Waals surface area contributed by atoms with Crippen LogP contribution in [0.2, 0.25) is 0 Å². The Morgan fingerprint density at radius 3 is 1.04 bits per heavy atom. The Hall–Kier alpha value is -5.80. The topological polar surface area (TPSA) is 0 Å². The zero-order valence-corrected chi connectivity index (χ0v) is 28.8. The summed E-state index contributed by atoms with van der Waals surface area (Å²) >= 11 is 3.75. The second kappa shape index (κ2) is 12.0. The summed E-state index contributed by atoms with van der Waals surface area (Å²) in [5.41, 5.74) is 12.4. The molecule has 10 aromatic rings. The van der Waals surface area contributed by atoms with E-state index in [1.54, 1.807) is 0 Å². The molecular weight excluding hydrogens is 641 g/mol. The Balaban J connectivity index is 1.13. The molecule has 0 atom stereocenters. The van der Waals surface area contributed by atoms with Crippen LogP contribution < -0.4 is 0 Å². The molecule has 8 aromatic carbocycles. The van der Waals surface area contributed by atoms with Gasteiger partial charge in [0.25, 0.3) is 0 Å². The Bertz CT molecular complexity index is 2660. The second-order valence-electron chi connectivity index (χ2n) is 12.9. The fraction of sp³-hybridized carbons (Fsp3) is 0. The molecule has 2 heteroatoms. The number of fused-ring (bicyclic) bond motifs is 6. The third kappa shape index (κ3) is 4.96. The average molecular weight is 671 g/mol. The largest absolute Gasteiger partial charge is 0.135 e. The van der Waals surface area contributed by atoms with Gasteiger partial charge in [0.1, 0.15) is 0 Å². The molecule has 0 unspecified atom stereocenters. The molecule has 0 nitrogen and oxygen atoms in total. The number of hydrogen-bond donors (Lipinski definition) is 0. The van der Waals surface area contributed by atoms with Crippen LogP contribution in [-0.4, -0.2) is 0 Å². The molecule has 0 aliphatic carbocycles. The maximum Gasteiger partial charge on any atom is 0.0362 e. The van der Waals surface area contributed by atoms with Gasteiger partial charge in [-0.25, -0.2) is 0 Å². The highest BCUT2D eigenvalue weighted by Crippen LogP contribution is 2.44. The average Bonchev–Trinajstić information content (AvgIpc) is 3.75. The Morgan fingerprint density at radius 1 is 0.220 bits per heavy atom. The zero-order valence-electron chi connectivity index (χ0n) is 27.1. The van der Waals surface area contributed by atoms with Gasteiger partial charge in [0.15, 0.2) is 0 Å². The van der Waals surface area contributed by atoms with Crippen molar-refractivity contribution in [2.75, 3.05) is 0 Å². The van der Waals surface area contributed by atoms with Crippen molar-refractivity contribution in [3.63, 3.8) is 0 Å². The zero-order chi connectivity index (χ0) is 33.0. The number of thiophene rings is 2. The van der Waals surface area contributed by atoms with Gasteiger partial charge in [0.2, 0.25) is 0 Å². The molecule has 0 aliphatic heterocycles. The highest BCUT2D eigenvalue weighted by atomic mass is 32.1. The number of rotatable bonds is 5. The van der Waals surface area contributed by atoms with Crippen LogP contribution in [0.15, 0.2) is 182 Å². The van der Waals surface area contributed by atoms with E-state index in [2.05, 4.69) is 182 Å². The van der Waals surface area contributed by atoms with Crippen molar-refractivity contribution in [1.82, 2.24) is 0 Å². The van der Waals surface area contributed by atoms with E-state index in [1.165, 1.54) is 96.0 Å². The van der Waals surface area contributed by atoms with E-state index >= 15 is 0 Å². The third-order valence-corrected chi connectivity index (χ3v) is 12.2. The SMILES string of the molecule is c1ccc(-c2cc3c(cc2-c2cccc(-c4cccc(-c5cc6sc7ccccc7c6cc5-c5ccccc5)c4)c2)sc2ccccc23)cc1. The van der Waals surface area contributed by atoms with Crippen molar-refractivity contribution >= 4 is 63.0 Å². The predicted molar refractivity (Wildman–Crippen MR) is 219 cm³/mol. The lowest BCUT2D eigenvalue weighted by Gasteiger charge is -2.14. The van der Waals surface area contributed by atoms with Crippen molar-refractivity contribution in [3.05, 3.63) is 182 Å². The molecule has 10 rings (SSSR count). The van der Waals surface area contributed by atoms with Crippen LogP contribution in [0.5, 0.6) is 0 Å². The fourth-order valence-corrected chi connectivity index (χ4v) is 9.72. The Morgan fingerprint density at radius 2 is 0.580 bits per heavy atom. The van der Waals surface area contributed by atoms with Crippen LogP contribution in [-0.2, 0) is 0 Å². The maximum atomic E-state index is 2.41. The van der Waals surface area contributed by atoms with Crippen LogP contribution in [0.1, 0.15) is 0 Å². The fourth-order valence-electron chi connectivity index (χ4n) is 7.47. The maximum absolute atomic E-state index is 2.41. The van der Waals surface area contributed by atoms with Crippen LogP contribution in [0.4, 0.5) is 0 Å². The van der Waals surface area contributed by atoms with Gasteiger partial charge in [-0.2, -0.15) is 0 Å². The summed E-state index contributed by atoms with van der Waals surface area (Å²) in [7, 11) is 0. The smallest absolute Gasteiger partial charge is 0.0362 e. The van der Waals surface area contributed by atoms with Crippen molar-refractivity contribution < 1.29 is 0 Å². The highest BCUT2D eigenvalue weighted by Gasteiger charge is 2.16. The summed E-state index contributed by atoms with van der Waals surface area (Å²) in [6.07, 6.45) is 0. The van der Waals surface area contributed by atoms with Crippen molar-refractivity contribution in [1.29, 1.82) is 0 Å². The van der Waals surface area contributed by atoms with Gasteiger partial charge in [0.05, 0.1) is 0 Å². The highest BCUT2D eigenvalue weighted by molar-refractivity contribution is 7.26. The monoisotopic (exact) mass is 670 g/mol. The van der Waals surface area contributed by atoms with Crippen LogP contribution in [0.3, 0.4) is 0 Å². The van der Waals surface area contributed by atoms with Crippen LogP contribution in [0, 0.1) is 0 Å². The van der Waals surface area contributed by atoms with E-state index in [1.807, 2.05) is 22.7 Å². The lowest BCUT2D eigenvalue weighted by molar-refractivity contribution is 1.57. The number of hydrogen-bond acceptors (Lipinski definition) is 2. The van der Waals surface area contributed by atoms with E-state index in [-0.39, 0.29) is 0 Å². The van der Waals surface area contributed by atoms with E-state index in [9.17, 15) is 0 Å². The summed E-state index contributed by atoms with van der Waals surface area (Å²) in [6.45, 7) is 0. The van der Waals surface area contributed by atoms with Gasteiger partial charge in [-0.3, -0.25) is 0 Å². The molecule has 50 heavy (non-hydrogen) atoms. The van der Waals surface area contributed by atoms with Crippen molar-refractivity contribution in [2.45, 2.75) is 0 Å². The molecule has 0 radical (unpaired) electrons. The van der Waals surface area contributed by atoms with Crippen molar-refractivity contribution in [3.8, 4) is 55.6 Å². The normalized spacial score (nSPS) is 11.6. The molecule has 234 valence electrons. The van der Waals surface area contributed by atoms with E-state index in [0.29, 0.717) is 0 Å². The summed E-state index contributed by atoms with van der Waals surface area (Å²) in [6, 6.07) is 67.0. The molecule has 0 bridgehead atoms. The molecule has 0 aliphatic rings. The predicted octanol–water partition coefficient (Wildman–Crippen LogP) is 14.8. The summed E-state index contributed by atoms with van der Waals surface area (Å²) in [5.74, 6) is 0. The van der Waals surface area contributed by atoms with Gasteiger partial charge in [0, 0.05) is 40.3 Å². The van der Waals surface area contributed by atoms with E-state index in [0.717, 1.165) is 0 Å². The quantitative estimate of drug-likeness (QED) is 0.171. The molecule has 2 aromatic heterocycles. The minimum Gasteiger partial charge on any atom is -0.135 e. The lowest BCUT2D eigenvalue weighted by Crippen LogP contribution is -1.88. The first kappa shape index (κ1) is 29.1. The molecule has 2 heterocycles. The van der Waals surface area contributed by atoms with Gasteiger partial charge < -0.3 is 0 Å². The summed E-state index contributed by atoms with van der Waals surface area (Å²) < 4.78 is 5.29. The summed E-state index contributed by atoms with van der Waals surface area (Å²) in [4.78, 5) is 0. The van der Waals surface area contributed by atoms with E-state index < -0.39 is 0 Å². The standard InChI is InChI=1S/C48H30S2/c1-3-13-31(14-4-1)39-27-43-37-21-7-9-23-45(37)49-47(43)29-41(39)35-19-11-17-33(25-35)34-18-12-20-36(26-34)42-30-48-44(38-22-8-10-24-46(38)50-48)28-40(42)32-15-5-2-6-16-32/h1-30H. The molecule has 0 saturated heterocycles. The Kier molecular flexibility index (Phi) is 6.97. The van der Waals surface area contributed by atoms with Gasteiger partial charge in [-0.15, -0.1) is 22.7 Å². The van der Waals surface area contributed by atoms with E-state index in [4.69, 9.17) is 0 Å². The third-order valence-electron chi connectivity index (χ3n) is 9.88. The van der Waals surface area contributed by atoms with Gasteiger partial charge in [-0.1, -0.05) is 133 Å². The first-order chi connectivity index (χ1) is 24.8. The minimum absolute atomic E-state index is 1.21. The second-order valence-corrected chi connectivity index (χ2v) is 15.0. The molecule has 0 amide bonds. The molecule has 0 saturated carbocycles.